The zero-order valence-corrected chi connectivity index (χ0v) is 19.0. The number of sulfonamides is 1. The maximum atomic E-state index is 12.8. The van der Waals surface area contributed by atoms with E-state index in [1.807, 2.05) is 31.2 Å². The molecule has 0 bridgehead atoms. The lowest BCUT2D eigenvalue weighted by Gasteiger charge is -2.18. The van der Waals surface area contributed by atoms with Crippen LogP contribution in [-0.4, -0.2) is 24.0 Å². The van der Waals surface area contributed by atoms with Crippen molar-refractivity contribution in [3.63, 3.8) is 0 Å². The molecule has 1 heterocycles. The smallest absolute Gasteiger partial charge is 0.416 e. The number of benzene rings is 2. The molecule has 0 saturated heterocycles. The molecule has 1 N–H and O–H groups in total. The summed E-state index contributed by atoms with van der Waals surface area (Å²) in [6, 6.07) is 13.7. The van der Waals surface area contributed by atoms with Gasteiger partial charge in [0.05, 0.1) is 22.5 Å². The lowest BCUT2D eigenvalue weighted by molar-refractivity contribution is -0.137. The molecule has 0 unspecified atom stereocenters. The van der Waals surface area contributed by atoms with Gasteiger partial charge in [-0.25, -0.2) is 17.8 Å². The van der Waals surface area contributed by atoms with Gasteiger partial charge in [0.25, 0.3) is 0 Å². The van der Waals surface area contributed by atoms with Gasteiger partial charge in [-0.3, -0.25) is 0 Å². The summed E-state index contributed by atoms with van der Waals surface area (Å²) in [5.74, 6) is 0.675. The Hall–Kier alpha value is -2.85. The third-order valence-electron chi connectivity index (χ3n) is 5.64. The van der Waals surface area contributed by atoms with E-state index in [9.17, 15) is 21.6 Å². The number of nitrogens with one attached hydrogen (secondary N) is 1. The second kappa shape index (κ2) is 8.49. The molecule has 0 amide bonds. The third kappa shape index (κ3) is 5.06. The number of hydrogen-bond acceptors (Lipinski definition) is 4. The van der Waals surface area contributed by atoms with Crippen LogP contribution in [0.25, 0.3) is 11.3 Å². The molecule has 0 radical (unpaired) electrons. The van der Waals surface area contributed by atoms with Gasteiger partial charge in [0.1, 0.15) is 5.75 Å². The maximum Gasteiger partial charge on any atom is 0.416 e. The van der Waals surface area contributed by atoms with Crippen molar-refractivity contribution in [2.24, 2.45) is 0 Å². The van der Waals surface area contributed by atoms with Crippen molar-refractivity contribution in [3.8, 4) is 22.9 Å². The van der Waals surface area contributed by atoms with Crippen molar-refractivity contribution >= 4 is 10.0 Å². The SMILES string of the molecule is CCn1nc(-c2cccc(C3(NS(=O)(=O)CC)CC3)c2)cc1Oc1ccc(C(F)(F)F)cc1. The molecule has 0 aliphatic heterocycles. The minimum atomic E-state index is -4.41. The average Bonchev–Trinajstić information content (AvgIpc) is 3.44. The molecule has 176 valence electrons. The van der Waals surface area contributed by atoms with E-state index < -0.39 is 27.3 Å². The highest BCUT2D eigenvalue weighted by Gasteiger charge is 2.47. The van der Waals surface area contributed by atoms with Gasteiger partial charge in [-0.15, -0.1) is 0 Å². The molecule has 10 heteroatoms. The fourth-order valence-corrected chi connectivity index (χ4v) is 4.66. The fraction of sp³-hybridized carbons (Fsp3) is 0.348. The topological polar surface area (TPSA) is 73.2 Å². The molecular formula is C23H24F3N3O3S. The average molecular weight is 480 g/mol. The highest BCUT2D eigenvalue weighted by molar-refractivity contribution is 7.89. The van der Waals surface area contributed by atoms with Crippen LogP contribution in [0.5, 0.6) is 11.6 Å². The molecule has 1 saturated carbocycles. The van der Waals surface area contributed by atoms with E-state index in [-0.39, 0.29) is 11.5 Å². The summed E-state index contributed by atoms with van der Waals surface area (Å²) < 4.78 is 72.8. The Morgan fingerprint density at radius 3 is 2.36 bits per heavy atom. The summed E-state index contributed by atoms with van der Waals surface area (Å²) in [4.78, 5) is 0. The zero-order chi connectivity index (χ0) is 23.9. The van der Waals surface area contributed by atoms with E-state index in [4.69, 9.17) is 4.74 Å². The molecule has 1 aromatic heterocycles. The predicted octanol–water partition coefficient (Wildman–Crippen LogP) is 5.31. The Bertz CT molecular complexity index is 1250. The Balaban J connectivity index is 1.59. The first-order valence-electron chi connectivity index (χ1n) is 10.6. The van der Waals surface area contributed by atoms with Crippen LogP contribution < -0.4 is 9.46 Å². The largest absolute Gasteiger partial charge is 0.439 e. The fourth-order valence-electron chi connectivity index (χ4n) is 3.60. The summed E-state index contributed by atoms with van der Waals surface area (Å²) in [5.41, 5.74) is 0.948. The molecule has 0 atom stereocenters. The van der Waals surface area contributed by atoms with Crippen LogP contribution in [0.4, 0.5) is 13.2 Å². The molecule has 6 nitrogen and oxygen atoms in total. The van der Waals surface area contributed by atoms with E-state index in [2.05, 4.69) is 9.82 Å². The van der Waals surface area contributed by atoms with Crippen molar-refractivity contribution in [1.82, 2.24) is 14.5 Å². The molecule has 33 heavy (non-hydrogen) atoms. The maximum absolute atomic E-state index is 12.8. The van der Waals surface area contributed by atoms with Crippen LogP contribution in [0.1, 0.15) is 37.8 Å². The Labute approximate surface area is 190 Å². The molecule has 1 fully saturated rings. The van der Waals surface area contributed by atoms with Crippen LogP contribution in [0, 0.1) is 0 Å². The van der Waals surface area contributed by atoms with Gasteiger partial charge in [0, 0.05) is 18.2 Å². The van der Waals surface area contributed by atoms with Crippen LogP contribution in [0.2, 0.25) is 0 Å². The number of aromatic nitrogens is 2. The lowest BCUT2D eigenvalue weighted by atomic mass is 10.0. The van der Waals surface area contributed by atoms with Crippen molar-refractivity contribution < 1.29 is 26.3 Å². The van der Waals surface area contributed by atoms with E-state index in [1.165, 1.54) is 12.1 Å². The van der Waals surface area contributed by atoms with E-state index >= 15 is 0 Å². The quantitative estimate of drug-likeness (QED) is 0.475. The number of halogens is 3. The lowest BCUT2D eigenvalue weighted by Crippen LogP contribution is -2.35. The van der Waals surface area contributed by atoms with Crippen LogP contribution in [-0.2, 0) is 28.3 Å². The monoisotopic (exact) mass is 479 g/mol. The van der Waals surface area contributed by atoms with Crippen molar-refractivity contribution in [3.05, 3.63) is 65.7 Å². The second-order valence-corrected chi connectivity index (χ2v) is 9.99. The molecule has 1 aliphatic rings. The van der Waals surface area contributed by atoms with Gasteiger partial charge in [-0.1, -0.05) is 18.2 Å². The third-order valence-corrected chi connectivity index (χ3v) is 7.10. The van der Waals surface area contributed by atoms with Crippen LogP contribution in [0.3, 0.4) is 0 Å². The minimum absolute atomic E-state index is 0.0139. The number of nitrogens with zero attached hydrogens (tertiary/aromatic N) is 2. The van der Waals surface area contributed by atoms with E-state index in [1.54, 1.807) is 17.7 Å². The van der Waals surface area contributed by atoms with Gasteiger partial charge < -0.3 is 4.74 Å². The molecule has 2 aromatic carbocycles. The van der Waals surface area contributed by atoms with Gasteiger partial charge in [0.15, 0.2) is 0 Å². The van der Waals surface area contributed by atoms with Gasteiger partial charge in [-0.05, 0) is 62.6 Å². The molecule has 0 spiro atoms. The molecule has 4 rings (SSSR count). The summed E-state index contributed by atoms with van der Waals surface area (Å²) in [7, 11) is -3.35. The van der Waals surface area contributed by atoms with Gasteiger partial charge in [-0.2, -0.15) is 18.3 Å². The zero-order valence-electron chi connectivity index (χ0n) is 18.2. The highest BCUT2D eigenvalue weighted by atomic mass is 32.2. The van der Waals surface area contributed by atoms with E-state index in [0.29, 0.717) is 18.1 Å². The number of ether oxygens (including phenoxy) is 1. The van der Waals surface area contributed by atoms with Gasteiger partial charge >= 0.3 is 6.18 Å². The number of alkyl halides is 3. The highest BCUT2D eigenvalue weighted by Crippen LogP contribution is 2.47. The second-order valence-electron chi connectivity index (χ2n) is 7.98. The molecule has 1 aliphatic carbocycles. The van der Waals surface area contributed by atoms with Crippen LogP contribution in [0.15, 0.2) is 54.6 Å². The number of hydrogen-bond donors (Lipinski definition) is 1. The van der Waals surface area contributed by atoms with Gasteiger partial charge in [0.2, 0.25) is 15.9 Å². The van der Waals surface area contributed by atoms with Crippen molar-refractivity contribution in [2.45, 2.75) is 44.9 Å². The molecule has 3 aromatic rings. The van der Waals surface area contributed by atoms with Crippen LogP contribution >= 0.6 is 0 Å². The standard InChI is InChI=1S/C23H24F3N3O3S/c1-3-29-21(32-19-10-8-17(9-11-19)23(24,25)26)15-20(27-29)16-6-5-7-18(14-16)22(12-13-22)28-33(30,31)4-2/h5-11,14-15,28H,3-4,12-13H2,1-2H3. The van der Waals surface area contributed by atoms with E-state index in [0.717, 1.165) is 36.1 Å². The van der Waals surface area contributed by atoms with Crippen molar-refractivity contribution in [1.29, 1.82) is 0 Å². The number of aryl methyl sites for hydroxylation is 1. The summed E-state index contributed by atoms with van der Waals surface area (Å²) >= 11 is 0. The Morgan fingerprint density at radius 2 is 1.79 bits per heavy atom. The first-order chi connectivity index (χ1) is 15.5. The summed E-state index contributed by atoms with van der Waals surface area (Å²) in [6.07, 6.45) is -2.96. The molecular weight excluding hydrogens is 455 g/mol. The Morgan fingerprint density at radius 1 is 1.09 bits per heavy atom. The minimum Gasteiger partial charge on any atom is -0.439 e. The first-order valence-corrected chi connectivity index (χ1v) is 12.3. The first kappa shape index (κ1) is 23.3. The summed E-state index contributed by atoms with van der Waals surface area (Å²) in [5, 5.41) is 4.56. The van der Waals surface area contributed by atoms with Crippen molar-refractivity contribution in [2.75, 3.05) is 5.75 Å². The Kier molecular flexibility index (Phi) is 6.00. The number of rotatable bonds is 8. The normalized spacial score (nSPS) is 15.4. The summed E-state index contributed by atoms with van der Waals surface area (Å²) in [6.45, 7) is 3.98. The predicted molar refractivity (Wildman–Crippen MR) is 118 cm³/mol.